The Bertz CT molecular complexity index is 807. The molecule has 7 heteroatoms. The molecule has 2 amide bonds. The van der Waals surface area contributed by atoms with Crippen molar-refractivity contribution in [2.75, 3.05) is 31.1 Å². The molecule has 2 aliphatic rings. The largest absolute Gasteiger partial charge is 0.465 e. The minimum absolute atomic E-state index is 0.0363. The van der Waals surface area contributed by atoms with E-state index in [0.29, 0.717) is 19.0 Å². The van der Waals surface area contributed by atoms with Crippen LogP contribution in [-0.4, -0.2) is 53.4 Å². The summed E-state index contributed by atoms with van der Waals surface area (Å²) in [6.45, 7) is 9.69. The number of benzene rings is 1. The second kappa shape index (κ2) is 8.68. The first-order valence-electron chi connectivity index (χ1n) is 10.6. The number of hydrogen-bond donors (Lipinski definition) is 3. The summed E-state index contributed by atoms with van der Waals surface area (Å²) in [5, 5.41) is 18.2. The van der Waals surface area contributed by atoms with Crippen LogP contribution in [0, 0.1) is 16.7 Å². The number of carbonyl (C=O) groups excluding carboxylic acids is 1. The fourth-order valence-electron chi connectivity index (χ4n) is 5.31. The highest BCUT2D eigenvalue weighted by molar-refractivity contribution is 5.91. The summed E-state index contributed by atoms with van der Waals surface area (Å²) >= 11 is 0. The van der Waals surface area contributed by atoms with Crippen molar-refractivity contribution >= 4 is 23.8 Å². The predicted molar refractivity (Wildman–Crippen MR) is 116 cm³/mol. The highest BCUT2D eigenvalue weighted by Crippen LogP contribution is 2.52. The number of carboxylic acid groups (broad SMARTS) is 1. The van der Waals surface area contributed by atoms with Gasteiger partial charge in [0.15, 0.2) is 0 Å². The van der Waals surface area contributed by atoms with Crippen LogP contribution in [0.5, 0.6) is 0 Å². The van der Waals surface area contributed by atoms with Gasteiger partial charge in [0.2, 0.25) is 0 Å². The molecule has 1 atom stereocenters. The van der Waals surface area contributed by atoms with Crippen LogP contribution < -0.4 is 10.4 Å². The summed E-state index contributed by atoms with van der Waals surface area (Å²) in [6, 6.07) is 7.95. The predicted octanol–water partition coefficient (Wildman–Crippen LogP) is 3.84. The average Bonchev–Trinajstić information content (AvgIpc) is 2.72. The van der Waals surface area contributed by atoms with E-state index in [2.05, 4.69) is 31.7 Å². The molecule has 0 saturated carbocycles. The van der Waals surface area contributed by atoms with Crippen LogP contribution in [0.4, 0.5) is 10.5 Å². The number of nitrogens with zero attached hydrogens (tertiary/aromatic N) is 2. The molecule has 1 unspecified atom stereocenters. The Hall–Kier alpha value is -2.54. The first kappa shape index (κ1) is 22.2. The third kappa shape index (κ3) is 4.61. The van der Waals surface area contributed by atoms with E-state index < -0.39 is 12.0 Å². The lowest BCUT2D eigenvalue weighted by Crippen LogP contribution is -2.56. The molecule has 1 aromatic rings. The van der Waals surface area contributed by atoms with Gasteiger partial charge >= 0.3 is 6.09 Å². The van der Waals surface area contributed by atoms with Crippen molar-refractivity contribution in [2.24, 2.45) is 16.7 Å². The van der Waals surface area contributed by atoms with Gasteiger partial charge < -0.3 is 14.9 Å². The fraction of sp³-hybridized carbons (Fsp3) is 0.565. The van der Waals surface area contributed by atoms with Crippen LogP contribution in [0.3, 0.4) is 0 Å². The summed E-state index contributed by atoms with van der Waals surface area (Å²) in [7, 11) is 0. The van der Waals surface area contributed by atoms with Gasteiger partial charge in [0.25, 0.3) is 5.91 Å². The van der Waals surface area contributed by atoms with Gasteiger partial charge in [0.1, 0.15) is 0 Å². The Labute approximate surface area is 178 Å². The van der Waals surface area contributed by atoms with E-state index in [-0.39, 0.29) is 10.8 Å². The van der Waals surface area contributed by atoms with Gasteiger partial charge in [-0.05, 0) is 53.7 Å². The lowest BCUT2D eigenvalue weighted by Gasteiger charge is -2.56. The van der Waals surface area contributed by atoms with Gasteiger partial charge in [0, 0.05) is 37.9 Å². The Morgan fingerprint density at radius 2 is 1.77 bits per heavy atom. The van der Waals surface area contributed by atoms with Crippen molar-refractivity contribution in [3.8, 4) is 0 Å². The van der Waals surface area contributed by atoms with E-state index in [4.69, 9.17) is 5.21 Å². The second-order valence-corrected chi connectivity index (χ2v) is 9.61. The van der Waals surface area contributed by atoms with Gasteiger partial charge in [-0.1, -0.05) is 39.0 Å². The summed E-state index contributed by atoms with van der Waals surface area (Å²) in [5.74, 6) is -0.235. The molecule has 2 heterocycles. The quantitative estimate of drug-likeness (QED) is 0.396. The zero-order chi connectivity index (χ0) is 21.9. The number of para-hydroxylation sites is 1. The number of hydrogen-bond acceptors (Lipinski definition) is 4. The minimum Gasteiger partial charge on any atom is -0.465 e. The van der Waals surface area contributed by atoms with E-state index in [0.717, 1.165) is 43.6 Å². The molecular weight excluding hydrogens is 382 g/mol. The summed E-state index contributed by atoms with van der Waals surface area (Å²) < 4.78 is 0. The zero-order valence-electron chi connectivity index (χ0n) is 18.1. The molecule has 0 radical (unpaired) electrons. The summed E-state index contributed by atoms with van der Waals surface area (Å²) in [4.78, 5) is 26.9. The number of anilines is 1. The number of piperidine rings is 2. The standard InChI is InChI=1S/C23H33N3O4/c1-22(2,3)19-16-26(21(28)29)15-12-23(19)10-13-25(14-11-23)18-7-5-4-6-17(18)8-9-20(27)24-30/h4-9,19,30H,10-16H2,1-3H3,(H,24,27)(H,28,29). The fourth-order valence-corrected chi connectivity index (χ4v) is 5.31. The Balaban J connectivity index is 1.78. The van der Waals surface area contributed by atoms with Gasteiger partial charge in [-0.3, -0.25) is 10.0 Å². The molecule has 30 heavy (non-hydrogen) atoms. The number of rotatable bonds is 3. The number of likely N-dealkylation sites (tertiary alicyclic amines) is 1. The van der Waals surface area contributed by atoms with Crippen LogP contribution >= 0.6 is 0 Å². The molecule has 2 saturated heterocycles. The molecule has 1 aromatic carbocycles. The van der Waals surface area contributed by atoms with Crippen LogP contribution in [0.25, 0.3) is 6.08 Å². The van der Waals surface area contributed by atoms with E-state index in [9.17, 15) is 14.7 Å². The maximum absolute atomic E-state index is 11.6. The number of hydroxylamine groups is 1. The number of carbonyl (C=O) groups is 2. The first-order chi connectivity index (χ1) is 14.2. The lowest BCUT2D eigenvalue weighted by atomic mass is 9.57. The molecule has 0 aromatic heterocycles. The monoisotopic (exact) mass is 415 g/mol. The van der Waals surface area contributed by atoms with Crippen molar-refractivity contribution < 1.29 is 19.9 Å². The molecular formula is C23H33N3O4. The Kier molecular flexibility index (Phi) is 6.41. The Morgan fingerprint density at radius 1 is 1.13 bits per heavy atom. The molecule has 2 aliphatic heterocycles. The van der Waals surface area contributed by atoms with E-state index >= 15 is 0 Å². The van der Waals surface area contributed by atoms with Gasteiger partial charge in [0.05, 0.1) is 0 Å². The van der Waals surface area contributed by atoms with Crippen LogP contribution in [0.15, 0.2) is 30.3 Å². The van der Waals surface area contributed by atoms with Crippen molar-refractivity contribution in [3.05, 3.63) is 35.9 Å². The average molecular weight is 416 g/mol. The Morgan fingerprint density at radius 3 is 2.37 bits per heavy atom. The summed E-state index contributed by atoms with van der Waals surface area (Å²) in [6.07, 6.45) is 5.18. The molecule has 0 bridgehead atoms. The van der Waals surface area contributed by atoms with Gasteiger partial charge in [-0.2, -0.15) is 0 Å². The van der Waals surface area contributed by atoms with E-state index in [1.165, 1.54) is 6.08 Å². The molecule has 2 fully saturated rings. The number of amides is 2. The van der Waals surface area contributed by atoms with Crippen molar-refractivity contribution in [1.82, 2.24) is 10.4 Å². The first-order valence-corrected chi connectivity index (χ1v) is 10.6. The third-order valence-electron chi connectivity index (χ3n) is 6.90. The zero-order valence-corrected chi connectivity index (χ0v) is 18.1. The van der Waals surface area contributed by atoms with Crippen molar-refractivity contribution in [1.29, 1.82) is 0 Å². The molecule has 3 rings (SSSR count). The SMILES string of the molecule is CC(C)(C)C1CN(C(=O)O)CCC12CCN(c1ccccc1C=CC(=O)NO)CC2. The molecule has 164 valence electrons. The third-order valence-corrected chi connectivity index (χ3v) is 6.90. The van der Waals surface area contributed by atoms with Crippen molar-refractivity contribution in [2.45, 2.75) is 40.0 Å². The van der Waals surface area contributed by atoms with Gasteiger partial charge in [-0.25, -0.2) is 10.3 Å². The maximum atomic E-state index is 11.6. The molecule has 3 N–H and O–H groups in total. The van der Waals surface area contributed by atoms with E-state index in [1.54, 1.807) is 16.5 Å². The number of nitrogens with one attached hydrogen (secondary N) is 1. The molecule has 1 spiro atoms. The smallest absolute Gasteiger partial charge is 0.407 e. The van der Waals surface area contributed by atoms with Crippen LogP contribution in [0.1, 0.15) is 45.6 Å². The summed E-state index contributed by atoms with van der Waals surface area (Å²) in [5.41, 5.74) is 3.82. The molecule has 7 nitrogen and oxygen atoms in total. The molecule has 0 aliphatic carbocycles. The normalized spacial score (nSPS) is 21.8. The highest BCUT2D eigenvalue weighted by Gasteiger charge is 2.49. The van der Waals surface area contributed by atoms with Crippen molar-refractivity contribution in [3.63, 3.8) is 0 Å². The minimum atomic E-state index is -0.816. The van der Waals surface area contributed by atoms with E-state index in [1.807, 2.05) is 18.2 Å². The van der Waals surface area contributed by atoms with Gasteiger partial charge in [-0.15, -0.1) is 0 Å². The topological polar surface area (TPSA) is 93.1 Å². The van der Waals surface area contributed by atoms with Crippen LogP contribution in [-0.2, 0) is 4.79 Å². The second-order valence-electron chi connectivity index (χ2n) is 9.61. The maximum Gasteiger partial charge on any atom is 0.407 e. The highest BCUT2D eigenvalue weighted by atomic mass is 16.5. The van der Waals surface area contributed by atoms with Crippen LogP contribution in [0.2, 0.25) is 0 Å². The lowest BCUT2D eigenvalue weighted by molar-refractivity contribution is -0.124.